The molecule has 0 N–H and O–H groups in total. The Labute approximate surface area is 190 Å². The Morgan fingerprint density at radius 3 is 2.67 bits per heavy atom. The van der Waals surface area contributed by atoms with Crippen molar-refractivity contribution in [3.05, 3.63) is 87.6 Å². The van der Waals surface area contributed by atoms with Crippen molar-refractivity contribution in [2.24, 2.45) is 0 Å². The Bertz CT molecular complexity index is 1180. The van der Waals surface area contributed by atoms with Gasteiger partial charge in [-0.3, -0.25) is 4.57 Å². The zero-order valence-corrected chi connectivity index (χ0v) is 19.3. The first-order valence-corrected chi connectivity index (χ1v) is 11.9. The maximum Gasteiger partial charge on any atom is 0.192 e. The number of nitrogens with zero attached hydrogens (tertiary/aromatic N) is 3. The van der Waals surface area contributed by atoms with Crippen LogP contribution in [0.1, 0.15) is 16.0 Å². The summed E-state index contributed by atoms with van der Waals surface area (Å²) in [7, 11) is 0. The number of hydrogen-bond acceptors (Lipinski definition) is 4. The van der Waals surface area contributed by atoms with E-state index >= 15 is 0 Å². The molecule has 0 aliphatic rings. The average molecular weight is 452 g/mol. The van der Waals surface area contributed by atoms with Crippen LogP contribution in [-0.4, -0.2) is 14.8 Å². The number of allylic oxidation sites excluding steroid dienone is 1. The molecule has 0 spiro atoms. The van der Waals surface area contributed by atoms with Crippen LogP contribution in [0, 0.1) is 13.8 Å². The predicted octanol–water partition coefficient (Wildman–Crippen LogP) is 7.42. The van der Waals surface area contributed by atoms with Gasteiger partial charge >= 0.3 is 0 Å². The molecule has 0 bridgehead atoms. The van der Waals surface area contributed by atoms with E-state index in [0.717, 1.165) is 32.9 Å². The standard InChI is InChI=1S/C24H22ClN3S2/c1-4-12-28-23(26-27-24(28)30-14-18-6-5-7-20(25)13-18)21-15-29-17(3)22(21)19-10-8-16(2)9-11-19/h4-11,13,15H,1,12,14H2,2-3H3. The molecule has 0 radical (unpaired) electrons. The van der Waals surface area contributed by atoms with Crippen molar-refractivity contribution in [3.63, 3.8) is 0 Å². The van der Waals surface area contributed by atoms with E-state index in [9.17, 15) is 0 Å². The van der Waals surface area contributed by atoms with E-state index in [-0.39, 0.29) is 0 Å². The molecule has 0 amide bonds. The minimum absolute atomic E-state index is 0.655. The van der Waals surface area contributed by atoms with Gasteiger partial charge in [-0.05, 0) is 37.1 Å². The van der Waals surface area contributed by atoms with Gasteiger partial charge in [0.05, 0.1) is 0 Å². The summed E-state index contributed by atoms with van der Waals surface area (Å²) in [6.07, 6.45) is 1.89. The normalized spacial score (nSPS) is 11.0. The molecular weight excluding hydrogens is 430 g/mol. The Balaban J connectivity index is 1.70. The van der Waals surface area contributed by atoms with Crippen LogP contribution in [0.2, 0.25) is 5.02 Å². The van der Waals surface area contributed by atoms with Gasteiger partial charge in [0.15, 0.2) is 11.0 Å². The Hall–Kier alpha value is -2.34. The van der Waals surface area contributed by atoms with Crippen LogP contribution >= 0.6 is 34.7 Å². The third-order valence-corrected chi connectivity index (χ3v) is 7.03. The summed E-state index contributed by atoms with van der Waals surface area (Å²) < 4.78 is 2.14. The highest BCUT2D eigenvalue weighted by molar-refractivity contribution is 7.98. The lowest BCUT2D eigenvalue weighted by atomic mass is 10.0. The number of hydrogen-bond donors (Lipinski definition) is 0. The first-order chi connectivity index (χ1) is 14.6. The van der Waals surface area contributed by atoms with E-state index in [1.54, 1.807) is 23.1 Å². The zero-order chi connectivity index (χ0) is 21.1. The summed E-state index contributed by atoms with van der Waals surface area (Å²) in [5.74, 6) is 1.66. The van der Waals surface area contributed by atoms with E-state index < -0.39 is 0 Å². The fraction of sp³-hybridized carbons (Fsp3) is 0.167. The Morgan fingerprint density at radius 1 is 1.13 bits per heavy atom. The maximum absolute atomic E-state index is 6.12. The van der Waals surface area contributed by atoms with Gasteiger partial charge in [0.2, 0.25) is 0 Å². The van der Waals surface area contributed by atoms with E-state index in [0.29, 0.717) is 6.54 Å². The van der Waals surface area contributed by atoms with E-state index in [4.69, 9.17) is 11.6 Å². The van der Waals surface area contributed by atoms with Crippen LogP contribution in [0.3, 0.4) is 0 Å². The third-order valence-electron chi connectivity index (χ3n) is 4.84. The summed E-state index contributed by atoms with van der Waals surface area (Å²) in [4.78, 5) is 1.27. The van der Waals surface area contributed by atoms with Crippen LogP contribution in [0.4, 0.5) is 0 Å². The smallest absolute Gasteiger partial charge is 0.192 e. The van der Waals surface area contributed by atoms with Gasteiger partial charge in [-0.15, -0.1) is 28.1 Å². The highest BCUT2D eigenvalue weighted by atomic mass is 35.5. The number of thiophene rings is 1. The highest BCUT2D eigenvalue weighted by Crippen LogP contribution is 2.39. The predicted molar refractivity (Wildman–Crippen MR) is 129 cm³/mol. The number of thioether (sulfide) groups is 1. The topological polar surface area (TPSA) is 30.7 Å². The minimum atomic E-state index is 0.655. The molecule has 0 saturated heterocycles. The van der Waals surface area contributed by atoms with Crippen LogP contribution in [0.5, 0.6) is 0 Å². The van der Waals surface area contributed by atoms with Gasteiger partial charge in [-0.1, -0.05) is 71.4 Å². The summed E-state index contributed by atoms with van der Waals surface area (Å²) >= 11 is 9.53. The minimum Gasteiger partial charge on any atom is -0.298 e. The van der Waals surface area contributed by atoms with E-state index in [1.807, 2.05) is 24.3 Å². The SMILES string of the molecule is C=CCn1c(SCc2cccc(Cl)c2)nnc1-c1csc(C)c1-c1ccc(C)cc1. The molecule has 0 aliphatic carbocycles. The van der Waals surface area contributed by atoms with Crippen molar-refractivity contribution < 1.29 is 0 Å². The fourth-order valence-corrected chi connectivity index (χ4v) is 5.33. The lowest BCUT2D eigenvalue weighted by molar-refractivity contribution is 0.731. The molecule has 2 heterocycles. The Morgan fingerprint density at radius 2 is 1.93 bits per heavy atom. The van der Waals surface area contributed by atoms with Crippen molar-refractivity contribution >= 4 is 34.7 Å². The molecule has 30 heavy (non-hydrogen) atoms. The molecule has 0 unspecified atom stereocenters. The second-order valence-electron chi connectivity index (χ2n) is 7.07. The quantitative estimate of drug-likeness (QED) is 0.216. The summed E-state index contributed by atoms with van der Waals surface area (Å²) in [6, 6.07) is 16.6. The maximum atomic E-state index is 6.12. The second-order valence-corrected chi connectivity index (χ2v) is 9.53. The molecule has 0 atom stereocenters. The average Bonchev–Trinajstić information content (AvgIpc) is 3.31. The van der Waals surface area contributed by atoms with Gasteiger partial charge in [0.1, 0.15) is 0 Å². The number of rotatable bonds is 7. The number of aromatic nitrogens is 3. The number of benzene rings is 2. The number of halogens is 1. The molecule has 152 valence electrons. The number of aryl methyl sites for hydroxylation is 2. The van der Waals surface area contributed by atoms with Gasteiger partial charge in [0.25, 0.3) is 0 Å². The molecule has 0 saturated carbocycles. The van der Waals surface area contributed by atoms with Gasteiger partial charge in [0, 0.05) is 38.7 Å². The van der Waals surface area contributed by atoms with Crippen molar-refractivity contribution in [2.45, 2.75) is 31.3 Å². The van der Waals surface area contributed by atoms with Gasteiger partial charge < -0.3 is 0 Å². The van der Waals surface area contributed by atoms with Crippen molar-refractivity contribution in [1.82, 2.24) is 14.8 Å². The molecule has 3 nitrogen and oxygen atoms in total. The Kier molecular flexibility index (Phi) is 6.42. The highest BCUT2D eigenvalue weighted by Gasteiger charge is 2.20. The molecule has 2 aromatic heterocycles. The third kappa shape index (κ3) is 4.38. The molecule has 2 aromatic carbocycles. The first-order valence-electron chi connectivity index (χ1n) is 9.63. The van der Waals surface area contributed by atoms with Crippen LogP contribution in [-0.2, 0) is 12.3 Å². The first kappa shape index (κ1) is 20.9. The van der Waals surface area contributed by atoms with Crippen LogP contribution in [0.15, 0.2) is 71.7 Å². The molecule has 6 heteroatoms. The van der Waals surface area contributed by atoms with E-state index in [1.165, 1.54) is 21.6 Å². The lowest BCUT2D eigenvalue weighted by Crippen LogP contribution is -2.01. The largest absolute Gasteiger partial charge is 0.298 e. The molecule has 4 aromatic rings. The van der Waals surface area contributed by atoms with Crippen molar-refractivity contribution in [1.29, 1.82) is 0 Å². The van der Waals surface area contributed by atoms with Crippen LogP contribution < -0.4 is 0 Å². The summed E-state index contributed by atoms with van der Waals surface area (Å²) in [5.41, 5.74) is 5.96. The van der Waals surface area contributed by atoms with Crippen molar-refractivity contribution in [2.75, 3.05) is 0 Å². The summed E-state index contributed by atoms with van der Waals surface area (Å²) in [6.45, 7) is 8.86. The van der Waals surface area contributed by atoms with Crippen LogP contribution in [0.25, 0.3) is 22.5 Å². The van der Waals surface area contributed by atoms with Gasteiger partial charge in [-0.25, -0.2) is 0 Å². The zero-order valence-electron chi connectivity index (χ0n) is 16.9. The van der Waals surface area contributed by atoms with E-state index in [2.05, 4.69) is 70.9 Å². The lowest BCUT2D eigenvalue weighted by Gasteiger charge is -2.10. The molecule has 0 aliphatic heterocycles. The molecular formula is C24H22ClN3S2. The second kappa shape index (κ2) is 9.21. The monoisotopic (exact) mass is 451 g/mol. The summed E-state index contributed by atoms with van der Waals surface area (Å²) in [5, 5.41) is 12.9. The fourth-order valence-electron chi connectivity index (χ4n) is 3.36. The van der Waals surface area contributed by atoms with Gasteiger partial charge in [-0.2, -0.15) is 0 Å². The van der Waals surface area contributed by atoms with Crippen molar-refractivity contribution in [3.8, 4) is 22.5 Å². The molecule has 4 rings (SSSR count). The molecule has 0 fully saturated rings.